The third kappa shape index (κ3) is 1.81. The molecule has 1 aliphatic carbocycles. The van der Waals surface area contributed by atoms with Gasteiger partial charge in [-0.3, -0.25) is 9.59 Å². The van der Waals surface area contributed by atoms with Gasteiger partial charge in [-0.15, -0.1) is 0 Å². The standard InChI is InChI=1S/C16H14O6/c1-21-10-6-5-7-8(16(10)22-2)3-4-9-11(7)13(18)15(20)14(19)12(9)17/h3-6,14-15,19-20H,1-2H3/t14-,15+/m1/s1. The van der Waals surface area contributed by atoms with E-state index in [9.17, 15) is 19.8 Å². The van der Waals surface area contributed by atoms with Gasteiger partial charge in [-0.05, 0) is 29.7 Å². The molecule has 0 spiro atoms. The minimum absolute atomic E-state index is 0.0984. The van der Waals surface area contributed by atoms with E-state index in [0.717, 1.165) is 0 Å². The number of hydrogen-bond acceptors (Lipinski definition) is 6. The first kappa shape index (κ1) is 14.5. The fraction of sp³-hybridized carbons (Fsp3) is 0.250. The Morgan fingerprint density at radius 3 is 2.14 bits per heavy atom. The van der Waals surface area contributed by atoms with Crippen molar-refractivity contribution in [3.05, 3.63) is 35.4 Å². The number of ether oxygens (including phenoxy) is 2. The van der Waals surface area contributed by atoms with Crippen molar-refractivity contribution in [2.75, 3.05) is 14.2 Å². The van der Waals surface area contributed by atoms with Gasteiger partial charge in [0.1, 0.15) is 0 Å². The molecule has 0 bridgehead atoms. The molecule has 0 fully saturated rings. The van der Waals surface area contributed by atoms with Crippen LogP contribution in [0.1, 0.15) is 20.7 Å². The van der Waals surface area contributed by atoms with Crippen molar-refractivity contribution in [3.8, 4) is 11.5 Å². The second-order valence-corrected chi connectivity index (χ2v) is 5.00. The van der Waals surface area contributed by atoms with Crippen LogP contribution in [-0.2, 0) is 0 Å². The zero-order chi connectivity index (χ0) is 16.0. The maximum Gasteiger partial charge on any atom is 0.195 e. The van der Waals surface area contributed by atoms with Gasteiger partial charge < -0.3 is 19.7 Å². The molecule has 22 heavy (non-hydrogen) atoms. The number of aliphatic hydroxyl groups excluding tert-OH is 2. The third-order valence-corrected chi connectivity index (χ3v) is 3.89. The van der Waals surface area contributed by atoms with E-state index in [-0.39, 0.29) is 11.1 Å². The number of ketones is 2. The van der Waals surface area contributed by atoms with Crippen molar-refractivity contribution < 1.29 is 29.3 Å². The van der Waals surface area contributed by atoms with Gasteiger partial charge in [0.2, 0.25) is 0 Å². The molecule has 0 unspecified atom stereocenters. The van der Waals surface area contributed by atoms with Gasteiger partial charge in [0, 0.05) is 16.5 Å². The highest BCUT2D eigenvalue weighted by Crippen LogP contribution is 2.39. The van der Waals surface area contributed by atoms with E-state index >= 15 is 0 Å². The molecule has 2 atom stereocenters. The highest BCUT2D eigenvalue weighted by molar-refractivity contribution is 6.24. The lowest BCUT2D eigenvalue weighted by atomic mass is 9.82. The summed E-state index contributed by atoms with van der Waals surface area (Å²) in [6.07, 6.45) is -3.48. The molecule has 0 saturated heterocycles. The van der Waals surface area contributed by atoms with Crippen LogP contribution in [0, 0.1) is 0 Å². The van der Waals surface area contributed by atoms with Crippen LogP contribution in [0.4, 0.5) is 0 Å². The van der Waals surface area contributed by atoms with E-state index < -0.39 is 23.8 Å². The van der Waals surface area contributed by atoms with Gasteiger partial charge >= 0.3 is 0 Å². The summed E-state index contributed by atoms with van der Waals surface area (Å²) < 4.78 is 10.5. The summed E-state index contributed by atoms with van der Waals surface area (Å²) >= 11 is 0. The molecule has 6 heteroatoms. The van der Waals surface area contributed by atoms with Crippen molar-refractivity contribution >= 4 is 22.3 Å². The molecule has 1 aliphatic rings. The van der Waals surface area contributed by atoms with Crippen molar-refractivity contribution in [3.63, 3.8) is 0 Å². The molecule has 3 rings (SSSR count). The maximum atomic E-state index is 12.3. The van der Waals surface area contributed by atoms with Gasteiger partial charge in [0.25, 0.3) is 0 Å². The molecular formula is C16H14O6. The van der Waals surface area contributed by atoms with Crippen molar-refractivity contribution in [2.24, 2.45) is 0 Å². The number of aliphatic hydroxyl groups is 2. The first-order chi connectivity index (χ1) is 10.5. The van der Waals surface area contributed by atoms with E-state index in [1.165, 1.54) is 20.3 Å². The molecular weight excluding hydrogens is 288 g/mol. The molecule has 2 aromatic carbocycles. The predicted octanol–water partition coefficient (Wildman–Crippen LogP) is 0.958. The van der Waals surface area contributed by atoms with Crippen LogP contribution in [-0.4, -0.2) is 48.2 Å². The lowest BCUT2D eigenvalue weighted by Gasteiger charge is -2.25. The molecule has 0 aliphatic heterocycles. The summed E-state index contributed by atoms with van der Waals surface area (Å²) in [6, 6.07) is 6.34. The molecule has 0 heterocycles. The number of Topliss-reactive ketones (excluding diaryl/α,β-unsaturated/α-hetero) is 2. The van der Waals surface area contributed by atoms with E-state index in [1.54, 1.807) is 18.2 Å². The van der Waals surface area contributed by atoms with Crippen molar-refractivity contribution in [1.29, 1.82) is 0 Å². The topological polar surface area (TPSA) is 93.1 Å². The Balaban J connectivity index is 2.38. The number of carbonyl (C=O) groups excluding carboxylic acids is 2. The zero-order valence-electron chi connectivity index (χ0n) is 12.0. The number of methoxy groups -OCH3 is 2. The number of rotatable bonds is 2. The van der Waals surface area contributed by atoms with Gasteiger partial charge in [-0.1, -0.05) is 0 Å². The SMILES string of the molecule is COc1ccc2c3c(ccc2c1OC)C(=O)[C@@H](O)[C@@H](O)C3=O. The molecule has 6 nitrogen and oxygen atoms in total. The fourth-order valence-electron chi connectivity index (χ4n) is 2.79. The Morgan fingerprint density at radius 1 is 0.864 bits per heavy atom. The molecule has 0 radical (unpaired) electrons. The fourth-order valence-corrected chi connectivity index (χ4v) is 2.79. The second-order valence-electron chi connectivity index (χ2n) is 5.00. The Kier molecular flexibility index (Phi) is 3.35. The maximum absolute atomic E-state index is 12.3. The van der Waals surface area contributed by atoms with E-state index in [4.69, 9.17) is 9.47 Å². The van der Waals surface area contributed by atoms with Crippen molar-refractivity contribution in [1.82, 2.24) is 0 Å². The smallest absolute Gasteiger partial charge is 0.195 e. The van der Waals surface area contributed by atoms with Gasteiger partial charge in [0.05, 0.1) is 14.2 Å². The van der Waals surface area contributed by atoms with Crippen LogP contribution in [0.2, 0.25) is 0 Å². The molecule has 2 N–H and O–H groups in total. The molecule has 114 valence electrons. The monoisotopic (exact) mass is 302 g/mol. The number of hydrogen-bond donors (Lipinski definition) is 2. The summed E-state index contributed by atoms with van der Waals surface area (Å²) in [6.45, 7) is 0. The minimum Gasteiger partial charge on any atom is -0.493 e. The summed E-state index contributed by atoms with van der Waals surface area (Å²) in [7, 11) is 2.97. The highest BCUT2D eigenvalue weighted by Gasteiger charge is 2.40. The number of carbonyl (C=O) groups is 2. The first-order valence-corrected chi connectivity index (χ1v) is 6.63. The normalized spacial score (nSPS) is 20.9. The number of fused-ring (bicyclic) bond motifs is 3. The van der Waals surface area contributed by atoms with Crippen LogP contribution in [0.3, 0.4) is 0 Å². The first-order valence-electron chi connectivity index (χ1n) is 6.63. The molecule has 2 aromatic rings. The van der Waals surface area contributed by atoms with Gasteiger partial charge in [-0.2, -0.15) is 0 Å². The van der Waals surface area contributed by atoms with Gasteiger partial charge in [0.15, 0.2) is 35.3 Å². The van der Waals surface area contributed by atoms with Crippen LogP contribution < -0.4 is 9.47 Å². The van der Waals surface area contributed by atoms with E-state index in [0.29, 0.717) is 22.3 Å². The zero-order valence-corrected chi connectivity index (χ0v) is 12.0. The lowest BCUT2D eigenvalue weighted by molar-refractivity contribution is 0.0185. The number of benzene rings is 2. The van der Waals surface area contributed by atoms with Crippen LogP contribution in [0.15, 0.2) is 24.3 Å². The molecule has 0 amide bonds. The quantitative estimate of drug-likeness (QED) is 0.858. The summed E-state index contributed by atoms with van der Waals surface area (Å²) in [5, 5.41) is 20.5. The molecule has 0 saturated carbocycles. The summed E-state index contributed by atoms with van der Waals surface area (Å²) in [4.78, 5) is 24.4. The van der Waals surface area contributed by atoms with E-state index in [1.807, 2.05) is 0 Å². The van der Waals surface area contributed by atoms with E-state index in [2.05, 4.69) is 0 Å². The summed E-state index contributed by atoms with van der Waals surface area (Å²) in [5.41, 5.74) is 0.198. The van der Waals surface area contributed by atoms with Crippen LogP contribution in [0.25, 0.3) is 10.8 Å². The third-order valence-electron chi connectivity index (χ3n) is 3.89. The highest BCUT2D eigenvalue weighted by atomic mass is 16.5. The predicted molar refractivity (Wildman–Crippen MR) is 77.7 cm³/mol. The Hall–Kier alpha value is -2.44. The Labute approximate surface area is 125 Å². The van der Waals surface area contributed by atoms with Crippen LogP contribution >= 0.6 is 0 Å². The Bertz CT molecular complexity index is 795. The average Bonchev–Trinajstić information content (AvgIpc) is 2.55. The second kappa shape index (κ2) is 5.08. The van der Waals surface area contributed by atoms with Crippen molar-refractivity contribution in [2.45, 2.75) is 12.2 Å². The Morgan fingerprint density at radius 2 is 1.50 bits per heavy atom. The minimum atomic E-state index is -1.75. The van der Waals surface area contributed by atoms with Crippen LogP contribution in [0.5, 0.6) is 11.5 Å². The largest absolute Gasteiger partial charge is 0.493 e. The summed E-state index contributed by atoms with van der Waals surface area (Å²) in [5.74, 6) is -0.424. The van der Waals surface area contributed by atoms with Gasteiger partial charge in [-0.25, -0.2) is 0 Å². The lowest BCUT2D eigenvalue weighted by Crippen LogP contribution is -2.45. The molecule has 0 aromatic heterocycles. The average molecular weight is 302 g/mol.